The number of fused-ring (bicyclic) bond motifs is 7. The third-order valence-electron chi connectivity index (χ3n) is 6.10. The van der Waals surface area contributed by atoms with E-state index in [0.717, 1.165) is 6.42 Å². The number of benzene rings is 3. The molecule has 0 radical (unpaired) electrons. The lowest BCUT2D eigenvalue weighted by Crippen LogP contribution is -1.96. The number of nitrogens with zero attached hydrogens (tertiary/aromatic N) is 1. The smallest absolute Gasteiger partial charge is 0.0719 e. The molecule has 0 spiro atoms. The lowest BCUT2D eigenvalue weighted by atomic mass is 9.91. The summed E-state index contributed by atoms with van der Waals surface area (Å²) in [5.41, 5.74) is 6.69. The summed E-state index contributed by atoms with van der Waals surface area (Å²) in [6.45, 7) is 4.50. The van der Waals surface area contributed by atoms with Gasteiger partial charge in [-0.05, 0) is 54.5 Å². The fraction of sp³-hybridized carbons (Fsp3) is 0.154. The fourth-order valence-corrected chi connectivity index (χ4v) is 6.12. The van der Waals surface area contributed by atoms with Crippen LogP contribution in [-0.4, -0.2) is 4.57 Å². The standard InChI is InChI=1S/C26H21NS/c1-16-10-12-18(13-11-16)27-22-8-4-3-7-19(22)20-14-15-21-24-17(2)6-5-9-23(24)28-26(21)25(20)27/h3-5,7-15,17H,6H2,1-2H3. The van der Waals surface area contributed by atoms with Gasteiger partial charge in [0.15, 0.2) is 0 Å². The largest absolute Gasteiger partial charge is 0.308 e. The lowest BCUT2D eigenvalue weighted by Gasteiger charge is -2.14. The van der Waals surface area contributed by atoms with Gasteiger partial charge >= 0.3 is 0 Å². The molecule has 1 unspecified atom stereocenters. The molecule has 3 aromatic carbocycles. The maximum atomic E-state index is 2.46. The summed E-state index contributed by atoms with van der Waals surface area (Å²) < 4.78 is 3.88. The predicted molar refractivity (Wildman–Crippen MR) is 123 cm³/mol. The second kappa shape index (κ2) is 5.83. The molecule has 2 heteroatoms. The summed E-state index contributed by atoms with van der Waals surface area (Å²) in [4.78, 5) is 1.43. The Bertz CT molecular complexity index is 1400. The second-order valence-corrected chi connectivity index (χ2v) is 9.00. The summed E-state index contributed by atoms with van der Waals surface area (Å²) in [5, 5.41) is 4.11. The van der Waals surface area contributed by atoms with E-state index in [0.29, 0.717) is 5.92 Å². The minimum absolute atomic E-state index is 0.586. The van der Waals surface area contributed by atoms with Gasteiger partial charge in [0.05, 0.1) is 15.7 Å². The molecule has 1 aliphatic carbocycles. The van der Waals surface area contributed by atoms with Crippen molar-refractivity contribution in [3.05, 3.63) is 82.7 Å². The number of allylic oxidation sites excluding steroid dienone is 1. The Labute approximate surface area is 168 Å². The molecule has 5 aromatic rings. The Morgan fingerprint density at radius 1 is 0.893 bits per heavy atom. The van der Waals surface area contributed by atoms with E-state index < -0.39 is 0 Å². The van der Waals surface area contributed by atoms with Gasteiger partial charge in [0.25, 0.3) is 0 Å². The molecular formula is C26H21NS. The van der Waals surface area contributed by atoms with Crippen LogP contribution in [-0.2, 0) is 0 Å². The van der Waals surface area contributed by atoms with E-state index in [9.17, 15) is 0 Å². The van der Waals surface area contributed by atoms with Crippen LogP contribution < -0.4 is 0 Å². The number of thiophene rings is 1. The van der Waals surface area contributed by atoms with Crippen LogP contribution in [0.1, 0.15) is 35.3 Å². The molecule has 0 aliphatic heterocycles. The number of hydrogen-bond donors (Lipinski definition) is 0. The summed E-state index contributed by atoms with van der Waals surface area (Å²) >= 11 is 1.95. The van der Waals surface area contributed by atoms with Gasteiger partial charge in [0, 0.05) is 21.3 Å². The highest BCUT2D eigenvalue weighted by atomic mass is 32.1. The Hall–Kier alpha value is -2.84. The zero-order valence-electron chi connectivity index (χ0n) is 16.1. The topological polar surface area (TPSA) is 4.93 Å². The third-order valence-corrected chi connectivity index (χ3v) is 7.29. The van der Waals surface area contributed by atoms with Crippen molar-refractivity contribution >= 4 is 49.3 Å². The molecule has 2 heterocycles. The molecule has 0 amide bonds. The van der Waals surface area contributed by atoms with Gasteiger partial charge in [-0.25, -0.2) is 0 Å². The molecule has 0 saturated heterocycles. The summed E-state index contributed by atoms with van der Waals surface area (Å²) in [7, 11) is 0. The van der Waals surface area contributed by atoms with Crippen LogP contribution >= 0.6 is 11.3 Å². The van der Waals surface area contributed by atoms with Gasteiger partial charge in [-0.1, -0.05) is 61.0 Å². The SMILES string of the molecule is Cc1ccc(-n2c3ccccc3c3ccc4c5c(sc4c32)C=CCC5C)cc1. The van der Waals surface area contributed by atoms with E-state index in [1.54, 1.807) is 0 Å². The van der Waals surface area contributed by atoms with Crippen LogP contribution in [0.3, 0.4) is 0 Å². The molecule has 1 atom stereocenters. The van der Waals surface area contributed by atoms with Gasteiger partial charge < -0.3 is 4.57 Å². The molecule has 0 bridgehead atoms. The van der Waals surface area contributed by atoms with Crippen LogP contribution in [0.4, 0.5) is 0 Å². The molecule has 136 valence electrons. The van der Waals surface area contributed by atoms with Crippen LogP contribution in [0.15, 0.2) is 66.7 Å². The summed E-state index contributed by atoms with van der Waals surface area (Å²) in [6.07, 6.45) is 5.79. The van der Waals surface area contributed by atoms with Crippen molar-refractivity contribution in [1.82, 2.24) is 4.57 Å². The lowest BCUT2D eigenvalue weighted by molar-refractivity contribution is 0.783. The molecular weight excluding hydrogens is 358 g/mol. The third kappa shape index (κ3) is 2.12. The van der Waals surface area contributed by atoms with E-state index in [2.05, 4.69) is 91.2 Å². The maximum Gasteiger partial charge on any atom is 0.0719 e. The zero-order chi connectivity index (χ0) is 18.8. The molecule has 0 N–H and O–H groups in total. The van der Waals surface area contributed by atoms with Crippen molar-refractivity contribution in [3.8, 4) is 5.69 Å². The quantitative estimate of drug-likeness (QED) is 0.280. The molecule has 2 aromatic heterocycles. The highest BCUT2D eigenvalue weighted by molar-refractivity contribution is 7.21. The molecule has 0 fully saturated rings. The average Bonchev–Trinajstić information content (AvgIpc) is 3.25. The van der Waals surface area contributed by atoms with Gasteiger partial charge in [0.2, 0.25) is 0 Å². The minimum atomic E-state index is 0.586. The highest BCUT2D eigenvalue weighted by Gasteiger charge is 2.22. The Morgan fingerprint density at radius 3 is 2.54 bits per heavy atom. The van der Waals surface area contributed by atoms with Crippen molar-refractivity contribution in [3.63, 3.8) is 0 Å². The van der Waals surface area contributed by atoms with E-state index in [4.69, 9.17) is 0 Å². The van der Waals surface area contributed by atoms with E-state index in [1.165, 1.54) is 53.6 Å². The van der Waals surface area contributed by atoms with E-state index in [1.807, 2.05) is 11.3 Å². The first-order valence-electron chi connectivity index (χ1n) is 9.94. The maximum absolute atomic E-state index is 2.46. The van der Waals surface area contributed by atoms with Crippen LogP contribution in [0, 0.1) is 6.92 Å². The first kappa shape index (κ1) is 16.1. The van der Waals surface area contributed by atoms with Gasteiger partial charge in [-0.3, -0.25) is 0 Å². The number of rotatable bonds is 1. The second-order valence-electron chi connectivity index (χ2n) is 7.95. The number of hydrogen-bond acceptors (Lipinski definition) is 1. The van der Waals surface area contributed by atoms with Gasteiger partial charge in [-0.15, -0.1) is 11.3 Å². The first-order valence-corrected chi connectivity index (χ1v) is 10.8. The fourth-order valence-electron chi connectivity index (χ4n) is 4.73. The van der Waals surface area contributed by atoms with Crippen LogP contribution in [0.25, 0.3) is 43.7 Å². The number of aromatic nitrogens is 1. The monoisotopic (exact) mass is 379 g/mol. The van der Waals surface area contributed by atoms with Crippen molar-refractivity contribution < 1.29 is 0 Å². The number of aryl methyl sites for hydroxylation is 1. The first-order chi connectivity index (χ1) is 13.7. The predicted octanol–water partition coefficient (Wildman–Crippen LogP) is 7.83. The molecule has 1 aliphatic rings. The summed E-state index contributed by atoms with van der Waals surface area (Å²) in [5.74, 6) is 0.586. The Balaban J connectivity index is 1.83. The van der Waals surface area contributed by atoms with Crippen molar-refractivity contribution in [1.29, 1.82) is 0 Å². The molecule has 6 rings (SSSR count). The average molecular weight is 380 g/mol. The van der Waals surface area contributed by atoms with Gasteiger partial charge in [-0.2, -0.15) is 0 Å². The van der Waals surface area contributed by atoms with Gasteiger partial charge in [0.1, 0.15) is 0 Å². The van der Waals surface area contributed by atoms with E-state index >= 15 is 0 Å². The van der Waals surface area contributed by atoms with Crippen molar-refractivity contribution in [2.45, 2.75) is 26.2 Å². The van der Waals surface area contributed by atoms with Crippen molar-refractivity contribution in [2.75, 3.05) is 0 Å². The Kier molecular flexibility index (Phi) is 3.36. The van der Waals surface area contributed by atoms with E-state index in [-0.39, 0.29) is 0 Å². The molecule has 28 heavy (non-hydrogen) atoms. The summed E-state index contributed by atoms with van der Waals surface area (Å²) in [6, 6.07) is 22.4. The molecule has 0 saturated carbocycles. The van der Waals surface area contributed by atoms with Crippen LogP contribution in [0.5, 0.6) is 0 Å². The minimum Gasteiger partial charge on any atom is -0.308 e. The highest BCUT2D eigenvalue weighted by Crippen LogP contribution is 2.46. The molecule has 1 nitrogen and oxygen atoms in total. The number of para-hydroxylation sites is 1. The Morgan fingerprint density at radius 2 is 1.68 bits per heavy atom. The van der Waals surface area contributed by atoms with Crippen molar-refractivity contribution in [2.24, 2.45) is 0 Å². The van der Waals surface area contributed by atoms with Crippen LogP contribution in [0.2, 0.25) is 0 Å². The zero-order valence-corrected chi connectivity index (χ0v) is 16.9. The normalized spacial score (nSPS) is 16.3.